The van der Waals surface area contributed by atoms with E-state index in [2.05, 4.69) is 0 Å². The third kappa shape index (κ3) is 1.80. The summed E-state index contributed by atoms with van der Waals surface area (Å²) in [5, 5.41) is 8.29. The maximum atomic E-state index is 13.2. The van der Waals surface area contributed by atoms with Gasteiger partial charge < -0.3 is 5.11 Å². The summed E-state index contributed by atoms with van der Waals surface area (Å²) in [4.78, 5) is 10.5. The number of carboxylic acids is 1. The summed E-state index contributed by atoms with van der Waals surface area (Å²) in [5.74, 6) is -1.85. The van der Waals surface area contributed by atoms with Crippen molar-refractivity contribution in [3.05, 3.63) is 34.1 Å². The van der Waals surface area contributed by atoms with E-state index in [1.807, 2.05) is 0 Å². The van der Waals surface area contributed by atoms with Crippen LogP contribution in [-0.4, -0.2) is 11.1 Å². The molecule has 0 radical (unpaired) electrons. The molecular formula is C9H8ClFO2. The number of carboxylic acid groups (broad SMARTS) is 1. The van der Waals surface area contributed by atoms with Crippen molar-refractivity contribution in [1.82, 2.24) is 0 Å². The molecule has 0 unspecified atom stereocenters. The molecule has 0 heterocycles. The lowest BCUT2D eigenvalue weighted by Crippen LogP contribution is -2.01. The van der Waals surface area contributed by atoms with E-state index in [1.165, 1.54) is 12.1 Å². The van der Waals surface area contributed by atoms with E-state index in [1.54, 1.807) is 6.92 Å². The molecule has 0 saturated heterocycles. The van der Waals surface area contributed by atoms with Gasteiger partial charge in [0.15, 0.2) is 0 Å². The van der Waals surface area contributed by atoms with Gasteiger partial charge >= 0.3 is 5.97 Å². The van der Waals surface area contributed by atoms with Gasteiger partial charge in [-0.2, -0.15) is 0 Å². The van der Waals surface area contributed by atoms with E-state index in [0.717, 1.165) is 0 Å². The molecule has 4 heteroatoms. The highest BCUT2D eigenvalue weighted by molar-refractivity contribution is 6.33. The molecule has 0 bridgehead atoms. The molecule has 1 N–H and O–H groups in total. The van der Waals surface area contributed by atoms with E-state index in [0.29, 0.717) is 12.0 Å². The first kappa shape index (κ1) is 9.99. The van der Waals surface area contributed by atoms with E-state index in [9.17, 15) is 9.18 Å². The Hall–Kier alpha value is -1.09. The number of benzene rings is 1. The first-order chi connectivity index (χ1) is 6.07. The molecule has 70 valence electrons. The molecule has 1 aromatic rings. The number of aromatic carboxylic acids is 1. The topological polar surface area (TPSA) is 37.3 Å². The molecule has 0 fully saturated rings. The second kappa shape index (κ2) is 3.75. The van der Waals surface area contributed by atoms with Gasteiger partial charge in [-0.05, 0) is 18.1 Å². The van der Waals surface area contributed by atoms with Gasteiger partial charge in [-0.3, -0.25) is 0 Å². The average molecular weight is 203 g/mol. The zero-order chi connectivity index (χ0) is 10.0. The van der Waals surface area contributed by atoms with Crippen molar-refractivity contribution in [1.29, 1.82) is 0 Å². The second-order valence-corrected chi connectivity index (χ2v) is 2.94. The zero-order valence-corrected chi connectivity index (χ0v) is 7.73. The number of hydrogen-bond donors (Lipinski definition) is 1. The quantitative estimate of drug-likeness (QED) is 0.801. The Morgan fingerprint density at radius 3 is 2.69 bits per heavy atom. The number of hydrogen-bond acceptors (Lipinski definition) is 1. The molecule has 13 heavy (non-hydrogen) atoms. The molecule has 0 amide bonds. The number of rotatable bonds is 2. The van der Waals surface area contributed by atoms with Crippen LogP contribution in [0.4, 0.5) is 4.39 Å². The van der Waals surface area contributed by atoms with E-state index >= 15 is 0 Å². The summed E-state index contributed by atoms with van der Waals surface area (Å²) in [5.41, 5.74) is 0.228. The molecular weight excluding hydrogens is 195 g/mol. The Balaban J connectivity index is 3.31. The Labute approximate surface area is 80.0 Å². The van der Waals surface area contributed by atoms with Crippen LogP contribution >= 0.6 is 11.6 Å². The Bertz CT molecular complexity index is 350. The number of carbonyl (C=O) groups is 1. The molecule has 1 aromatic carbocycles. The van der Waals surface area contributed by atoms with Crippen LogP contribution in [0.25, 0.3) is 0 Å². The van der Waals surface area contributed by atoms with Gasteiger partial charge in [-0.15, -0.1) is 0 Å². The Kier molecular flexibility index (Phi) is 2.88. The summed E-state index contributed by atoms with van der Waals surface area (Å²) in [6.07, 6.45) is 0.492. The van der Waals surface area contributed by atoms with E-state index < -0.39 is 11.8 Å². The molecule has 1 rings (SSSR count). The minimum Gasteiger partial charge on any atom is -0.478 e. The largest absolute Gasteiger partial charge is 0.478 e. The van der Waals surface area contributed by atoms with Gasteiger partial charge in [0.05, 0.1) is 10.6 Å². The first-order valence-electron chi connectivity index (χ1n) is 3.78. The van der Waals surface area contributed by atoms with Gasteiger partial charge in [-0.25, -0.2) is 9.18 Å². The van der Waals surface area contributed by atoms with Gasteiger partial charge in [-0.1, -0.05) is 24.6 Å². The molecule has 0 aliphatic rings. The van der Waals surface area contributed by atoms with Gasteiger partial charge in [0.1, 0.15) is 5.82 Å². The molecule has 0 aliphatic carbocycles. The highest BCUT2D eigenvalue weighted by Gasteiger charge is 2.14. The van der Waals surface area contributed by atoms with Crippen molar-refractivity contribution in [2.24, 2.45) is 0 Å². The minimum absolute atomic E-state index is 0.198. The zero-order valence-electron chi connectivity index (χ0n) is 6.97. The second-order valence-electron chi connectivity index (χ2n) is 2.56. The van der Waals surface area contributed by atoms with Gasteiger partial charge in [0, 0.05) is 0 Å². The molecule has 2 nitrogen and oxygen atoms in total. The summed E-state index contributed by atoms with van der Waals surface area (Å²) in [6, 6.07) is 2.75. The molecule has 0 saturated carbocycles. The third-order valence-electron chi connectivity index (χ3n) is 1.77. The predicted molar refractivity (Wildman–Crippen MR) is 47.7 cm³/mol. The highest BCUT2D eigenvalue weighted by atomic mass is 35.5. The van der Waals surface area contributed by atoms with Crippen molar-refractivity contribution in [3.8, 4) is 0 Å². The van der Waals surface area contributed by atoms with Crippen molar-refractivity contribution in [3.63, 3.8) is 0 Å². The van der Waals surface area contributed by atoms with Crippen LogP contribution in [0.1, 0.15) is 22.8 Å². The van der Waals surface area contributed by atoms with Crippen molar-refractivity contribution >= 4 is 17.6 Å². The number of aryl methyl sites for hydroxylation is 1. The number of halogens is 2. The monoisotopic (exact) mass is 202 g/mol. The SMILES string of the molecule is CCc1ccc(C(=O)O)c(Cl)c1F. The van der Waals surface area contributed by atoms with Gasteiger partial charge in [0.2, 0.25) is 0 Å². The lowest BCUT2D eigenvalue weighted by Gasteiger charge is -2.04. The van der Waals surface area contributed by atoms with Crippen LogP contribution in [0.15, 0.2) is 12.1 Å². The van der Waals surface area contributed by atoms with Crippen LogP contribution in [0.3, 0.4) is 0 Å². The van der Waals surface area contributed by atoms with Gasteiger partial charge in [0.25, 0.3) is 0 Å². The molecule has 0 aromatic heterocycles. The first-order valence-corrected chi connectivity index (χ1v) is 4.16. The normalized spacial score (nSPS) is 10.1. The Morgan fingerprint density at radius 1 is 1.62 bits per heavy atom. The van der Waals surface area contributed by atoms with Crippen molar-refractivity contribution < 1.29 is 14.3 Å². The predicted octanol–water partition coefficient (Wildman–Crippen LogP) is 2.74. The average Bonchev–Trinajstić information content (AvgIpc) is 2.09. The van der Waals surface area contributed by atoms with Crippen LogP contribution in [0, 0.1) is 5.82 Å². The summed E-state index contributed by atoms with van der Waals surface area (Å²) >= 11 is 5.52. The lowest BCUT2D eigenvalue weighted by molar-refractivity contribution is 0.0696. The van der Waals surface area contributed by atoms with Crippen LogP contribution < -0.4 is 0 Å². The summed E-state index contributed by atoms with van der Waals surface area (Å²) in [7, 11) is 0. The summed E-state index contributed by atoms with van der Waals surface area (Å²) in [6.45, 7) is 1.77. The maximum absolute atomic E-state index is 13.2. The highest BCUT2D eigenvalue weighted by Crippen LogP contribution is 2.23. The minimum atomic E-state index is -1.22. The van der Waals surface area contributed by atoms with Crippen molar-refractivity contribution in [2.45, 2.75) is 13.3 Å². The lowest BCUT2D eigenvalue weighted by atomic mass is 10.1. The smallest absolute Gasteiger partial charge is 0.337 e. The molecule has 0 spiro atoms. The van der Waals surface area contributed by atoms with Crippen LogP contribution in [0.5, 0.6) is 0 Å². The van der Waals surface area contributed by atoms with Crippen LogP contribution in [0.2, 0.25) is 5.02 Å². The van der Waals surface area contributed by atoms with E-state index in [4.69, 9.17) is 16.7 Å². The fourth-order valence-electron chi connectivity index (χ4n) is 1.03. The molecule has 0 atom stereocenters. The summed E-state index contributed by atoms with van der Waals surface area (Å²) < 4.78 is 13.2. The Morgan fingerprint density at radius 2 is 2.23 bits per heavy atom. The molecule has 0 aliphatic heterocycles. The fraction of sp³-hybridized carbons (Fsp3) is 0.222. The van der Waals surface area contributed by atoms with Crippen molar-refractivity contribution in [2.75, 3.05) is 0 Å². The standard InChI is InChI=1S/C9H8ClFO2/c1-2-5-3-4-6(9(12)13)7(10)8(5)11/h3-4H,2H2,1H3,(H,12,13). The van der Waals surface area contributed by atoms with E-state index in [-0.39, 0.29) is 10.6 Å². The third-order valence-corrected chi connectivity index (χ3v) is 2.14. The fourth-order valence-corrected chi connectivity index (χ4v) is 1.29. The maximum Gasteiger partial charge on any atom is 0.337 e. The van der Waals surface area contributed by atoms with Crippen LogP contribution in [-0.2, 0) is 6.42 Å².